The van der Waals surface area contributed by atoms with Crippen LogP contribution in [-0.2, 0) is 14.3 Å². The minimum absolute atomic E-state index is 0.0393. The zero-order chi connectivity index (χ0) is 22.2. The highest BCUT2D eigenvalue weighted by Crippen LogP contribution is 2.26. The minimum atomic E-state index is -0.287. The van der Waals surface area contributed by atoms with Gasteiger partial charge in [-0.05, 0) is 32.8 Å². The topological polar surface area (TPSA) is 96.7 Å². The van der Waals surface area contributed by atoms with Gasteiger partial charge in [-0.2, -0.15) is 5.10 Å². The molecule has 5 rings (SSSR count). The van der Waals surface area contributed by atoms with Crippen molar-refractivity contribution in [2.75, 3.05) is 50.8 Å². The molecule has 0 aromatic carbocycles. The monoisotopic (exact) mass is 439 g/mol. The van der Waals surface area contributed by atoms with Gasteiger partial charge < -0.3 is 19.4 Å². The maximum absolute atomic E-state index is 13.0. The van der Waals surface area contributed by atoms with Crippen LogP contribution in [0.1, 0.15) is 24.2 Å². The largest absolute Gasteiger partial charge is 0.368 e. The van der Waals surface area contributed by atoms with Crippen LogP contribution < -0.4 is 4.90 Å². The molecule has 0 bridgehead atoms. The van der Waals surface area contributed by atoms with E-state index in [4.69, 9.17) is 4.74 Å². The van der Waals surface area contributed by atoms with Gasteiger partial charge in [0.15, 0.2) is 5.82 Å². The van der Waals surface area contributed by atoms with Gasteiger partial charge in [0.25, 0.3) is 5.91 Å². The second-order valence-corrected chi connectivity index (χ2v) is 8.83. The lowest BCUT2D eigenvalue weighted by molar-refractivity contribution is -0.147. The molecule has 10 heteroatoms. The quantitative estimate of drug-likeness (QED) is 0.687. The summed E-state index contributed by atoms with van der Waals surface area (Å²) < 4.78 is 7.32. The summed E-state index contributed by atoms with van der Waals surface area (Å²) in [4.78, 5) is 40.0. The van der Waals surface area contributed by atoms with Gasteiger partial charge in [0, 0.05) is 57.6 Å². The zero-order valence-electron chi connectivity index (χ0n) is 18.6. The van der Waals surface area contributed by atoms with E-state index >= 15 is 0 Å². The predicted molar refractivity (Wildman–Crippen MR) is 116 cm³/mol. The molecule has 10 nitrogen and oxygen atoms in total. The molecule has 0 radical (unpaired) electrons. The van der Waals surface area contributed by atoms with Crippen molar-refractivity contribution in [1.29, 1.82) is 0 Å². The summed E-state index contributed by atoms with van der Waals surface area (Å²) in [6.45, 7) is 8.24. The molecule has 32 heavy (non-hydrogen) atoms. The molecule has 2 amide bonds. The Balaban J connectivity index is 1.14. The second kappa shape index (κ2) is 8.50. The first-order chi connectivity index (χ1) is 15.5. The number of hydrogen-bond donors (Lipinski definition) is 0. The van der Waals surface area contributed by atoms with E-state index in [0.29, 0.717) is 45.9 Å². The van der Waals surface area contributed by atoms with Crippen molar-refractivity contribution in [1.82, 2.24) is 29.5 Å². The van der Waals surface area contributed by atoms with Crippen LogP contribution in [0.25, 0.3) is 5.82 Å². The second-order valence-electron chi connectivity index (χ2n) is 8.83. The first-order valence-corrected chi connectivity index (χ1v) is 11.3. The number of piperazine rings is 1. The minimum Gasteiger partial charge on any atom is -0.368 e. The van der Waals surface area contributed by atoms with E-state index in [1.165, 1.54) is 0 Å². The normalized spacial score (nSPS) is 21.7. The van der Waals surface area contributed by atoms with Crippen LogP contribution in [-0.4, -0.2) is 93.3 Å². The van der Waals surface area contributed by atoms with Crippen molar-refractivity contribution < 1.29 is 14.3 Å². The lowest BCUT2D eigenvalue weighted by atomic mass is 9.98. The molecule has 1 atom stereocenters. The number of carbonyl (C=O) groups is 2. The van der Waals surface area contributed by atoms with Crippen LogP contribution in [0.4, 0.5) is 5.82 Å². The Morgan fingerprint density at radius 1 is 0.969 bits per heavy atom. The first kappa shape index (κ1) is 20.9. The Bertz CT molecular complexity index is 1000. The average molecular weight is 440 g/mol. The number of rotatable bonds is 4. The van der Waals surface area contributed by atoms with Gasteiger partial charge in [0.2, 0.25) is 5.91 Å². The number of hydrogen-bond acceptors (Lipinski definition) is 7. The Morgan fingerprint density at radius 3 is 2.28 bits per heavy atom. The number of amides is 2. The molecule has 0 aliphatic carbocycles. The number of nitrogens with zero attached hydrogens (tertiary/aromatic N) is 7. The van der Waals surface area contributed by atoms with E-state index in [2.05, 4.69) is 20.0 Å². The van der Waals surface area contributed by atoms with Gasteiger partial charge in [-0.25, -0.2) is 14.6 Å². The highest BCUT2D eigenvalue weighted by molar-refractivity contribution is 5.83. The van der Waals surface area contributed by atoms with Crippen LogP contribution >= 0.6 is 0 Å². The Morgan fingerprint density at radius 2 is 1.66 bits per heavy atom. The maximum atomic E-state index is 13.0. The van der Waals surface area contributed by atoms with E-state index < -0.39 is 0 Å². The van der Waals surface area contributed by atoms with Crippen molar-refractivity contribution in [2.45, 2.75) is 32.8 Å². The summed E-state index contributed by atoms with van der Waals surface area (Å²) in [7, 11) is 0. The van der Waals surface area contributed by atoms with Crippen molar-refractivity contribution >= 4 is 17.6 Å². The fourth-order valence-corrected chi connectivity index (χ4v) is 4.69. The highest BCUT2D eigenvalue weighted by atomic mass is 16.5. The van der Waals surface area contributed by atoms with Crippen LogP contribution in [0.3, 0.4) is 0 Å². The van der Waals surface area contributed by atoms with Gasteiger partial charge in [-0.15, -0.1) is 0 Å². The molecule has 5 heterocycles. The molecule has 3 fully saturated rings. The maximum Gasteiger partial charge on any atom is 0.251 e. The summed E-state index contributed by atoms with van der Waals surface area (Å²) in [6.07, 6.45) is 3.01. The van der Waals surface area contributed by atoms with E-state index in [0.717, 1.165) is 35.9 Å². The summed E-state index contributed by atoms with van der Waals surface area (Å²) in [6, 6.07) is 3.92. The molecule has 0 saturated carbocycles. The number of aryl methyl sites for hydroxylation is 2. The van der Waals surface area contributed by atoms with Crippen LogP contribution in [0.5, 0.6) is 0 Å². The first-order valence-electron chi connectivity index (χ1n) is 11.3. The molecule has 170 valence electrons. The van der Waals surface area contributed by atoms with E-state index in [-0.39, 0.29) is 23.8 Å². The van der Waals surface area contributed by atoms with E-state index in [1.54, 1.807) is 11.0 Å². The third-order valence-corrected chi connectivity index (χ3v) is 6.53. The third kappa shape index (κ3) is 3.94. The van der Waals surface area contributed by atoms with E-state index in [1.807, 2.05) is 35.8 Å². The van der Waals surface area contributed by atoms with Gasteiger partial charge in [0.05, 0.1) is 11.6 Å². The summed E-state index contributed by atoms with van der Waals surface area (Å²) in [5.74, 6) is 1.73. The van der Waals surface area contributed by atoms with Crippen LogP contribution in [0.15, 0.2) is 18.5 Å². The standard InChI is InChI=1S/C22H29N7O3/c1-15-10-16(2)29(25-15)20-11-19(23-14-24-20)28-12-17(13-28)21(30)26-5-7-27(8-6-26)22(31)18-4-3-9-32-18/h10-11,14,17-18H,3-9,12-13H2,1-2H3. The molecule has 2 aromatic heterocycles. The lowest BCUT2D eigenvalue weighted by Gasteiger charge is -2.43. The van der Waals surface area contributed by atoms with Crippen molar-refractivity contribution in [3.8, 4) is 5.82 Å². The summed E-state index contributed by atoms with van der Waals surface area (Å²) in [5.41, 5.74) is 1.95. The van der Waals surface area contributed by atoms with Gasteiger partial charge >= 0.3 is 0 Å². The highest BCUT2D eigenvalue weighted by Gasteiger charge is 2.38. The van der Waals surface area contributed by atoms with Crippen LogP contribution in [0.2, 0.25) is 0 Å². The molecule has 1 unspecified atom stereocenters. The smallest absolute Gasteiger partial charge is 0.251 e. The molecule has 2 aromatic rings. The lowest BCUT2D eigenvalue weighted by Crippen LogP contribution is -2.59. The fraction of sp³-hybridized carbons (Fsp3) is 0.591. The molecular formula is C22H29N7O3. The Kier molecular flexibility index (Phi) is 5.54. The molecule has 3 aliphatic rings. The molecule has 3 aliphatic heterocycles. The summed E-state index contributed by atoms with van der Waals surface area (Å²) in [5, 5.41) is 4.48. The SMILES string of the molecule is Cc1cc(C)n(-c2cc(N3CC(C(=O)N4CCN(C(=O)C5CCCO5)CC4)C3)ncn2)n1. The van der Waals surface area contributed by atoms with Gasteiger partial charge in [0.1, 0.15) is 18.2 Å². The van der Waals surface area contributed by atoms with Gasteiger partial charge in [-0.1, -0.05) is 0 Å². The molecule has 0 N–H and O–H groups in total. The van der Waals surface area contributed by atoms with Gasteiger partial charge in [-0.3, -0.25) is 9.59 Å². The number of carbonyl (C=O) groups excluding carboxylic acids is 2. The Labute approximate surface area is 187 Å². The van der Waals surface area contributed by atoms with Crippen molar-refractivity contribution in [2.24, 2.45) is 5.92 Å². The molecule has 0 spiro atoms. The molecule has 3 saturated heterocycles. The van der Waals surface area contributed by atoms with Crippen molar-refractivity contribution in [3.63, 3.8) is 0 Å². The number of aromatic nitrogens is 4. The van der Waals surface area contributed by atoms with E-state index in [9.17, 15) is 9.59 Å². The number of anilines is 1. The molecular weight excluding hydrogens is 410 g/mol. The summed E-state index contributed by atoms with van der Waals surface area (Å²) >= 11 is 0. The van der Waals surface area contributed by atoms with Crippen LogP contribution in [0, 0.1) is 19.8 Å². The average Bonchev–Trinajstić information content (AvgIpc) is 3.42. The number of ether oxygens (including phenoxy) is 1. The van der Waals surface area contributed by atoms with Crippen molar-refractivity contribution in [3.05, 3.63) is 29.8 Å². The Hall–Kier alpha value is -3.01. The fourth-order valence-electron chi connectivity index (χ4n) is 4.69. The predicted octanol–water partition coefficient (Wildman–Crippen LogP) is 0.565. The third-order valence-electron chi connectivity index (χ3n) is 6.53. The zero-order valence-corrected chi connectivity index (χ0v) is 18.6.